The average Bonchev–Trinajstić information content (AvgIpc) is 2.46. The molecule has 0 radical (unpaired) electrons. The van der Waals surface area contributed by atoms with Crippen LogP contribution >= 0.6 is 0 Å². The molecule has 26 heavy (non-hydrogen) atoms. The van der Waals surface area contributed by atoms with Gasteiger partial charge in [-0.05, 0) is 64.2 Å². The van der Waals surface area contributed by atoms with Crippen LogP contribution in [-0.4, -0.2) is 32.4 Å². The summed E-state index contributed by atoms with van der Waals surface area (Å²) in [6.07, 6.45) is 7.17. The number of allylic oxidation sites excluding steroid dienone is 2. The van der Waals surface area contributed by atoms with Crippen LogP contribution < -0.4 is 0 Å². The standard InChI is InChI=1S/C22H44O3Si/c1-11-14-19(23)15-12-13-16-20(25-21(3,4)5)18(2)17-24-26(9,10)22(6,7)8/h12,15,18,20H,11,13-14,16-17H2,1-10H3/b15-12+/t18-,20+/m0/s1. The SMILES string of the molecule is CCCC(=O)/C=C/CC[C@@H](OC(C)(C)C)[C@@H](C)CO[Si](C)(C)C(C)(C)C. The lowest BCUT2D eigenvalue weighted by molar-refractivity contribution is -0.114. The zero-order chi connectivity index (χ0) is 20.6. The van der Waals surface area contributed by atoms with Crippen molar-refractivity contribution in [3.63, 3.8) is 0 Å². The van der Waals surface area contributed by atoms with E-state index in [0.29, 0.717) is 12.3 Å². The molecule has 3 nitrogen and oxygen atoms in total. The van der Waals surface area contributed by atoms with E-state index >= 15 is 0 Å². The Morgan fingerprint density at radius 2 is 1.69 bits per heavy atom. The molecule has 0 rings (SSSR count). The van der Waals surface area contributed by atoms with E-state index in [-0.39, 0.29) is 22.5 Å². The molecule has 154 valence electrons. The molecule has 0 aliphatic rings. The van der Waals surface area contributed by atoms with E-state index < -0.39 is 8.32 Å². The molecule has 2 atom stereocenters. The highest BCUT2D eigenvalue weighted by molar-refractivity contribution is 6.74. The van der Waals surface area contributed by atoms with Crippen molar-refractivity contribution in [2.45, 2.75) is 111 Å². The topological polar surface area (TPSA) is 35.5 Å². The smallest absolute Gasteiger partial charge is 0.191 e. The summed E-state index contributed by atoms with van der Waals surface area (Å²) in [4.78, 5) is 11.6. The van der Waals surface area contributed by atoms with Gasteiger partial charge >= 0.3 is 0 Å². The van der Waals surface area contributed by atoms with Crippen molar-refractivity contribution < 1.29 is 14.0 Å². The van der Waals surface area contributed by atoms with Crippen molar-refractivity contribution in [2.75, 3.05) is 6.61 Å². The summed E-state index contributed by atoms with van der Waals surface area (Å²) in [6.45, 7) is 22.7. The number of carbonyl (C=O) groups is 1. The second-order valence-corrected chi connectivity index (χ2v) is 14.8. The van der Waals surface area contributed by atoms with Gasteiger partial charge in [0.2, 0.25) is 0 Å². The summed E-state index contributed by atoms with van der Waals surface area (Å²) >= 11 is 0. The molecule has 0 saturated heterocycles. The van der Waals surface area contributed by atoms with Gasteiger partial charge in [0.15, 0.2) is 14.1 Å². The quantitative estimate of drug-likeness (QED) is 0.300. The zero-order valence-corrected chi connectivity index (χ0v) is 20.1. The van der Waals surface area contributed by atoms with Crippen LogP contribution in [0, 0.1) is 5.92 Å². The fourth-order valence-electron chi connectivity index (χ4n) is 2.38. The first-order valence-electron chi connectivity index (χ1n) is 10.2. The van der Waals surface area contributed by atoms with Crippen molar-refractivity contribution in [1.82, 2.24) is 0 Å². The second kappa shape index (κ2) is 10.8. The maximum Gasteiger partial charge on any atom is 0.191 e. The molecule has 0 amide bonds. The van der Waals surface area contributed by atoms with Crippen LogP contribution in [0.25, 0.3) is 0 Å². The Morgan fingerprint density at radius 3 is 2.15 bits per heavy atom. The largest absolute Gasteiger partial charge is 0.416 e. The molecule has 0 aromatic carbocycles. The molecular weight excluding hydrogens is 340 g/mol. The van der Waals surface area contributed by atoms with Crippen LogP contribution in [0.5, 0.6) is 0 Å². The molecule has 0 N–H and O–H groups in total. The summed E-state index contributed by atoms with van der Waals surface area (Å²) < 4.78 is 12.7. The van der Waals surface area contributed by atoms with Crippen LogP contribution in [-0.2, 0) is 14.0 Å². The Hall–Kier alpha value is -0.453. The third kappa shape index (κ3) is 10.6. The maximum absolute atomic E-state index is 11.6. The van der Waals surface area contributed by atoms with E-state index in [9.17, 15) is 4.79 Å². The minimum absolute atomic E-state index is 0.130. The van der Waals surface area contributed by atoms with Gasteiger partial charge in [0.05, 0.1) is 11.7 Å². The van der Waals surface area contributed by atoms with Crippen molar-refractivity contribution in [3.05, 3.63) is 12.2 Å². The molecule has 0 unspecified atom stereocenters. The van der Waals surface area contributed by atoms with E-state index in [1.807, 2.05) is 13.0 Å². The van der Waals surface area contributed by atoms with E-state index in [1.165, 1.54) is 0 Å². The Bertz CT molecular complexity index is 441. The Labute approximate surface area is 164 Å². The lowest BCUT2D eigenvalue weighted by Crippen LogP contribution is -2.43. The second-order valence-electron chi connectivity index (χ2n) is 10.0. The van der Waals surface area contributed by atoms with E-state index in [2.05, 4.69) is 61.6 Å². The normalized spacial score (nSPS) is 16.1. The molecule has 0 heterocycles. The van der Waals surface area contributed by atoms with Gasteiger partial charge in [-0.1, -0.05) is 40.7 Å². The number of ketones is 1. The Balaban J connectivity index is 4.79. The molecular formula is C22H44O3Si. The van der Waals surface area contributed by atoms with Crippen molar-refractivity contribution >= 4 is 14.1 Å². The molecule has 0 spiro atoms. The molecule has 0 fully saturated rings. The Morgan fingerprint density at radius 1 is 1.12 bits per heavy atom. The van der Waals surface area contributed by atoms with Gasteiger partial charge in [-0.25, -0.2) is 0 Å². The highest BCUT2D eigenvalue weighted by Gasteiger charge is 2.38. The average molecular weight is 385 g/mol. The van der Waals surface area contributed by atoms with Crippen molar-refractivity contribution in [3.8, 4) is 0 Å². The van der Waals surface area contributed by atoms with Gasteiger partial charge < -0.3 is 9.16 Å². The number of rotatable bonds is 11. The van der Waals surface area contributed by atoms with Gasteiger partial charge in [-0.2, -0.15) is 0 Å². The third-order valence-electron chi connectivity index (χ3n) is 5.07. The molecule has 0 aromatic heterocycles. The summed E-state index contributed by atoms with van der Waals surface area (Å²) in [5.41, 5.74) is -0.183. The molecule has 0 aliphatic carbocycles. The Kier molecular flexibility index (Phi) is 10.6. The van der Waals surface area contributed by atoms with E-state index in [0.717, 1.165) is 25.9 Å². The van der Waals surface area contributed by atoms with Gasteiger partial charge in [-0.3, -0.25) is 4.79 Å². The highest BCUT2D eigenvalue weighted by atomic mass is 28.4. The van der Waals surface area contributed by atoms with Crippen molar-refractivity contribution in [1.29, 1.82) is 0 Å². The summed E-state index contributed by atoms with van der Waals surface area (Å²) in [5.74, 6) is 0.540. The lowest BCUT2D eigenvalue weighted by atomic mass is 9.99. The van der Waals surface area contributed by atoms with E-state index in [1.54, 1.807) is 6.08 Å². The monoisotopic (exact) mass is 384 g/mol. The minimum atomic E-state index is -1.75. The number of hydrogen-bond acceptors (Lipinski definition) is 3. The van der Waals surface area contributed by atoms with Gasteiger partial charge in [0.1, 0.15) is 0 Å². The number of ether oxygens (including phenoxy) is 1. The predicted octanol–water partition coefficient (Wildman–Crippen LogP) is 6.53. The highest BCUT2D eigenvalue weighted by Crippen LogP contribution is 2.37. The molecule has 0 aliphatic heterocycles. The van der Waals surface area contributed by atoms with Gasteiger partial charge in [0, 0.05) is 18.9 Å². The first-order valence-corrected chi connectivity index (χ1v) is 13.1. The number of carbonyl (C=O) groups excluding carboxylic acids is 1. The predicted molar refractivity (Wildman–Crippen MR) is 115 cm³/mol. The number of hydrogen-bond donors (Lipinski definition) is 0. The lowest BCUT2D eigenvalue weighted by Gasteiger charge is -2.38. The van der Waals surface area contributed by atoms with Gasteiger partial charge in [-0.15, -0.1) is 0 Å². The van der Waals surface area contributed by atoms with Crippen LogP contribution in [0.1, 0.15) is 81.1 Å². The molecule has 4 heteroatoms. The fourth-order valence-corrected chi connectivity index (χ4v) is 3.49. The van der Waals surface area contributed by atoms with Crippen molar-refractivity contribution in [2.24, 2.45) is 5.92 Å². The maximum atomic E-state index is 11.6. The van der Waals surface area contributed by atoms with Crippen LogP contribution in [0.15, 0.2) is 12.2 Å². The van der Waals surface area contributed by atoms with Crippen LogP contribution in [0.3, 0.4) is 0 Å². The molecule has 0 bridgehead atoms. The molecule has 0 saturated carbocycles. The van der Waals surface area contributed by atoms with Crippen LogP contribution in [0.2, 0.25) is 18.1 Å². The summed E-state index contributed by atoms with van der Waals surface area (Å²) in [7, 11) is -1.75. The van der Waals surface area contributed by atoms with Crippen LogP contribution in [0.4, 0.5) is 0 Å². The fraction of sp³-hybridized carbons (Fsp3) is 0.864. The summed E-state index contributed by atoms with van der Waals surface area (Å²) in [5, 5.41) is 0.218. The first kappa shape index (κ1) is 25.5. The zero-order valence-electron chi connectivity index (χ0n) is 19.1. The third-order valence-corrected chi connectivity index (χ3v) is 9.57. The summed E-state index contributed by atoms with van der Waals surface area (Å²) in [6, 6.07) is 0. The minimum Gasteiger partial charge on any atom is -0.416 e. The van der Waals surface area contributed by atoms with Gasteiger partial charge in [0.25, 0.3) is 0 Å². The van der Waals surface area contributed by atoms with E-state index in [4.69, 9.17) is 9.16 Å². The first-order chi connectivity index (χ1) is 11.7. The molecule has 0 aromatic rings.